The average molecular weight is 267 g/mol. The van der Waals surface area contributed by atoms with Crippen molar-refractivity contribution in [3.05, 3.63) is 0 Å². The molecule has 1 aliphatic carbocycles. The van der Waals surface area contributed by atoms with Crippen molar-refractivity contribution in [3.8, 4) is 0 Å². The minimum atomic E-state index is 0.226. The third-order valence-electron chi connectivity index (χ3n) is 5.45. The van der Waals surface area contributed by atoms with E-state index >= 15 is 0 Å². The molecule has 2 aliphatic rings. The van der Waals surface area contributed by atoms with E-state index in [1.807, 2.05) is 0 Å². The Balaban J connectivity index is 1.94. The van der Waals surface area contributed by atoms with Crippen molar-refractivity contribution < 1.29 is 4.74 Å². The molecule has 2 atom stereocenters. The third-order valence-corrected chi connectivity index (χ3v) is 5.45. The van der Waals surface area contributed by atoms with Crippen LogP contribution in [0.1, 0.15) is 78.1 Å². The summed E-state index contributed by atoms with van der Waals surface area (Å²) in [5.74, 6) is 1.44. The van der Waals surface area contributed by atoms with Gasteiger partial charge in [-0.25, -0.2) is 0 Å². The molecular formula is C17H33NO. The topological polar surface area (TPSA) is 35.2 Å². The molecule has 1 aliphatic heterocycles. The van der Waals surface area contributed by atoms with E-state index in [0.717, 1.165) is 12.5 Å². The van der Waals surface area contributed by atoms with Crippen LogP contribution in [0.5, 0.6) is 0 Å². The Morgan fingerprint density at radius 3 is 2.37 bits per heavy atom. The maximum Gasteiger partial charge on any atom is 0.0685 e. The third kappa shape index (κ3) is 3.72. The van der Waals surface area contributed by atoms with Gasteiger partial charge in [0.05, 0.1) is 5.60 Å². The van der Waals surface area contributed by atoms with E-state index in [-0.39, 0.29) is 5.60 Å². The summed E-state index contributed by atoms with van der Waals surface area (Å²) in [6, 6.07) is 0.404. The molecule has 0 aromatic carbocycles. The van der Waals surface area contributed by atoms with Gasteiger partial charge in [-0.1, -0.05) is 39.5 Å². The highest BCUT2D eigenvalue weighted by molar-refractivity contribution is 4.94. The van der Waals surface area contributed by atoms with E-state index in [1.165, 1.54) is 64.2 Å². The van der Waals surface area contributed by atoms with Crippen molar-refractivity contribution in [1.82, 2.24) is 0 Å². The molecular weight excluding hydrogens is 234 g/mol. The second kappa shape index (κ2) is 7.08. The molecule has 2 nitrogen and oxygen atoms in total. The van der Waals surface area contributed by atoms with Crippen LogP contribution in [0, 0.1) is 11.8 Å². The molecule has 2 unspecified atom stereocenters. The summed E-state index contributed by atoms with van der Waals surface area (Å²) in [7, 11) is 0. The Bertz CT molecular complexity index is 254. The molecule has 1 saturated heterocycles. The van der Waals surface area contributed by atoms with Crippen LogP contribution in [-0.4, -0.2) is 18.2 Å². The summed E-state index contributed by atoms with van der Waals surface area (Å²) < 4.78 is 6.15. The summed E-state index contributed by atoms with van der Waals surface area (Å²) in [6.07, 6.45) is 12.8. The molecule has 0 aromatic heterocycles. The van der Waals surface area contributed by atoms with E-state index in [4.69, 9.17) is 10.5 Å². The number of nitrogens with two attached hydrogens (primary N) is 1. The fourth-order valence-corrected chi connectivity index (χ4v) is 4.42. The van der Waals surface area contributed by atoms with Crippen LogP contribution in [0.25, 0.3) is 0 Å². The maximum atomic E-state index is 6.66. The SMILES string of the molecule is CCCC(CCC)C(N)C1CCOC2(CCCC2)C1. The van der Waals surface area contributed by atoms with Gasteiger partial charge in [0.1, 0.15) is 0 Å². The highest BCUT2D eigenvalue weighted by Gasteiger charge is 2.42. The van der Waals surface area contributed by atoms with E-state index in [2.05, 4.69) is 13.8 Å². The molecule has 112 valence electrons. The lowest BCUT2D eigenvalue weighted by Crippen LogP contribution is -2.46. The maximum absolute atomic E-state index is 6.66. The van der Waals surface area contributed by atoms with Crippen molar-refractivity contribution >= 4 is 0 Å². The zero-order chi connectivity index (χ0) is 13.7. The van der Waals surface area contributed by atoms with Gasteiger partial charge in [0.25, 0.3) is 0 Å². The lowest BCUT2D eigenvalue weighted by Gasteiger charge is -2.42. The summed E-state index contributed by atoms with van der Waals surface area (Å²) in [6.45, 7) is 5.53. The largest absolute Gasteiger partial charge is 0.375 e. The molecule has 19 heavy (non-hydrogen) atoms. The van der Waals surface area contributed by atoms with Crippen molar-refractivity contribution in [2.24, 2.45) is 17.6 Å². The fourth-order valence-electron chi connectivity index (χ4n) is 4.42. The molecule has 0 radical (unpaired) electrons. The summed E-state index contributed by atoms with van der Waals surface area (Å²) in [4.78, 5) is 0. The van der Waals surface area contributed by atoms with Gasteiger partial charge >= 0.3 is 0 Å². The fraction of sp³-hybridized carbons (Fsp3) is 1.00. The summed E-state index contributed by atoms with van der Waals surface area (Å²) in [5, 5.41) is 0. The van der Waals surface area contributed by atoms with E-state index in [0.29, 0.717) is 12.0 Å². The van der Waals surface area contributed by atoms with Crippen molar-refractivity contribution in [2.45, 2.75) is 89.7 Å². The van der Waals surface area contributed by atoms with Gasteiger partial charge in [-0.3, -0.25) is 0 Å². The highest BCUT2D eigenvalue weighted by Crippen LogP contribution is 2.43. The molecule has 1 spiro atoms. The monoisotopic (exact) mass is 267 g/mol. The Morgan fingerprint density at radius 1 is 1.16 bits per heavy atom. The van der Waals surface area contributed by atoms with Gasteiger partial charge < -0.3 is 10.5 Å². The standard InChI is InChI=1S/C17H33NO/c1-3-7-14(8-4-2)16(18)15-9-12-19-17(13-15)10-5-6-11-17/h14-16H,3-13,18H2,1-2H3. The van der Waals surface area contributed by atoms with Crippen LogP contribution < -0.4 is 5.73 Å². The van der Waals surface area contributed by atoms with Crippen LogP contribution >= 0.6 is 0 Å². The first-order chi connectivity index (χ1) is 9.21. The smallest absolute Gasteiger partial charge is 0.0685 e. The molecule has 2 rings (SSSR count). The summed E-state index contributed by atoms with van der Waals surface area (Å²) in [5.41, 5.74) is 6.89. The number of rotatable bonds is 6. The molecule has 2 N–H and O–H groups in total. The molecule has 0 aromatic rings. The van der Waals surface area contributed by atoms with Crippen LogP contribution in [0.2, 0.25) is 0 Å². The van der Waals surface area contributed by atoms with Gasteiger partial charge in [0, 0.05) is 12.6 Å². The minimum absolute atomic E-state index is 0.226. The van der Waals surface area contributed by atoms with Crippen LogP contribution in [0.3, 0.4) is 0 Å². The van der Waals surface area contributed by atoms with Gasteiger partial charge in [-0.05, 0) is 50.4 Å². The highest BCUT2D eigenvalue weighted by atomic mass is 16.5. The van der Waals surface area contributed by atoms with Crippen LogP contribution in [0.4, 0.5) is 0 Å². The summed E-state index contributed by atoms with van der Waals surface area (Å²) >= 11 is 0. The van der Waals surface area contributed by atoms with Crippen molar-refractivity contribution in [2.75, 3.05) is 6.61 Å². The zero-order valence-electron chi connectivity index (χ0n) is 13.0. The normalized spacial score (nSPS) is 28.1. The van der Waals surface area contributed by atoms with Gasteiger partial charge in [-0.2, -0.15) is 0 Å². The Kier molecular flexibility index (Phi) is 5.70. The Hall–Kier alpha value is -0.0800. The van der Waals surface area contributed by atoms with Crippen LogP contribution in [0.15, 0.2) is 0 Å². The molecule has 1 saturated carbocycles. The van der Waals surface area contributed by atoms with Gasteiger partial charge in [0.15, 0.2) is 0 Å². The predicted octanol–water partition coefficient (Wildman–Crippen LogP) is 4.27. The first-order valence-electron chi connectivity index (χ1n) is 8.60. The molecule has 2 fully saturated rings. The zero-order valence-corrected chi connectivity index (χ0v) is 13.0. The molecule has 0 amide bonds. The van der Waals surface area contributed by atoms with Crippen molar-refractivity contribution in [1.29, 1.82) is 0 Å². The first-order valence-corrected chi connectivity index (χ1v) is 8.60. The van der Waals surface area contributed by atoms with Gasteiger partial charge in [0.2, 0.25) is 0 Å². The molecule has 2 heteroatoms. The van der Waals surface area contributed by atoms with Gasteiger partial charge in [-0.15, -0.1) is 0 Å². The average Bonchev–Trinajstić information content (AvgIpc) is 2.86. The predicted molar refractivity (Wildman–Crippen MR) is 81.2 cm³/mol. The minimum Gasteiger partial charge on any atom is -0.375 e. The van der Waals surface area contributed by atoms with Crippen LogP contribution in [-0.2, 0) is 4.74 Å². The number of hydrogen-bond acceptors (Lipinski definition) is 2. The van der Waals surface area contributed by atoms with E-state index in [9.17, 15) is 0 Å². The lowest BCUT2D eigenvalue weighted by atomic mass is 9.75. The Morgan fingerprint density at radius 2 is 1.79 bits per heavy atom. The second-order valence-electron chi connectivity index (χ2n) is 6.91. The molecule has 1 heterocycles. The van der Waals surface area contributed by atoms with Crippen molar-refractivity contribution in [3.63, 3.8) is 0 Å². The second-order valence-corrected chi connectivity index (χ2v) is 6.91. The lowest BCUT2D eigenvalue weighted by molar-refractivity contribution is -0.0990. The number of hydrogen-bond donors (Lipinski definition) is 1. The Labute approximate surface area is 119 Å². The number of ether oxygens (including phenoxy) is 1. The first kappa shape index (κ1) is 15.3. The van der Waals surface area contributed by atoms with E-state index < -0.39 is 0 Å². The molecule has 0 bridgehead atoms. The van der Waals surface area contributed by atoms with E-state index in [1.54, 1.807) is 0 Å². The quantitative estimate of drug-likeness (QED) is 0.780.